The van der Waals surface area contributed by atoms with Crippen LogP contribution in [-0.2, 0) is 10.0 Å². The van der Waals surface area contributed by atoms with Crippen LogP contribution in [0.4, 0.5) is 0 Å². The van der Waals surface area contributed by atoms with Crippen LogP contribution in [0.25, 0.3) is 10.8 Å². The van der Waals surface area contributed by atoms with E-state index in [1.165, 1.54) is 4.31 Å². The number of hydrogen-bond acceptors (Lipinski definition) is 3. The van der Waals surface area contributed by atoms with E-state index in [0.717, 1.165) is 5.39 Å². The third kappa shape index (κ3) is 2.66. The molecule has 0 bridgehead atoms. The van der Waals surface area contributed by atoms with Gasteiger partial charge in [-0.3, -0.25) is 0 Å². The van der Waals surface area contributed by atoms with Gasteiger partial charge in [0, 0.05) is 28.9 Å². The summed E-state index contributed by atoms with van der Waals surface area (Å²) in [6.07, 6.45) is 0.728. The fourth-order valence-electron chi connectivity index (χ4n) is 2.74. The molecule has 1 atom stereocenters. The van der Waals surface area contributed by atoms with Gasteiger partial charge in [0.1, 0.15) is 0 Å². The van der Waals surface area contributed by atoms with E-state index in [0.29, 0.717) is 29.8 Å². The van der Waals surface area contributed by atoms with Gasteiger partial charge in [0.25, 0.3) is 0 Å². The minimum atomic E-state index is -3.62. The van der Waals surface area contributed by atoms with Crippen molar-refractivity contribution in [2.24, 2.45) is 0 Å². The zero-order chi connectivity index (χ0) is 15.0. The Morgan fingerprint density at radius 1 is 1.14 bits per heavy atom. The minimum Gasteiger partial charge on any atom is -0.392 e. The number of aliphatic hydroxyl groups excluding tert-OH is 1. The summed E-state index contributed by atoms with van der Waals surface area (Å²) in [7, 11) is -3.62. The van der Waals surface area contributed by atoms with Crippen LogP contribution in [0.5, 0.6) is 0 Å². The van der Waals surface area contributed by atoms with E-state index in [1.807, 2.05) is 12.1 Å². The van der Waals surface area contributed by atoms with Crippen molar-refractivity contribution in [1.82, 2.24) is 4.31 Å². The molecule has 2 aromatic carbocycles. The predicted octanol–water partition coefficient (Wildman–Crippen LogP) is 2.64. The number of hydrogen-bond donors (Lipinski definition) is 1. The Kier molecular flexibility index (Phi) is 3.92. The zero-order valence-corrected chi connectivity index (χ0v) is 12.9. The summed E-state index contributed by atoms with van der Waals surface area (Å²) in [5.74, 6) is 0. The molecule has 2 aromatic rings. The van der Waals surface area contributed by atoms with Crippen LogP contribution in [0.1, 0.15) is 12.8 Å². The molecule has 0 saturated carbocycles. The van der Waals surface area contributed by atoms with Crippen LogP contribution in [0.15, 0.2) is 41.3 Å². The van der Waals surface area contributed by atoms with Gasteiger partial charge in [0.05, 0.1) is 11.0 Å². The van der Waals surface area contributed by atoms with Crippen molar-refractivity contribution < 1.29 is 13.5 Å². The lowest BCUT2D eigenvalue weighted by atomic mass is 10.1. The van der Waals surface area contributed by atoms with E-state index >= 15 is 0 Å². The summed E-state index contributed by atoms with van der Waals surface area (Å²) < 4.78 is 27.0. The monoisotopic (exact) mass is 325 g/mol. The van der Waals surface area contributed by atoms with Gasteiger partial charge in [-0.25, -0.2) is 8.42 Å². The lowest BCUT2D eigenvalue weighted by Crippen LogP contribution is -2.42. The Balaban J connectivity index is 2.13. The molecule has 3 rings (SSSR count). The molecule has 1 aliphatic rings. The van der Waals surface area contributed by atoms with E-state index in [9.17, 15) is 13.5 Å². The zero-order valence-electron chi connectivity index (χ0n) is 11.4. The fraction of sp³-hybridized carbons (Fsp3) is 0.333. The van der Waals surface area contributed by atoms with Crippen molar-refractivity contribution in [3.63, 3.8) is 0 Å². The number of sulfonamides is 1. The maximum atomic E-state index is 12.8. The number of halogens is 1. The molecule has 4 nitrogen and oxygen atoms in total. The highest BCUT2D eigenvalue weighted by atomic mass is 35.5. The highest BCUT2D eigenvalue weighted by molar-refractivity contribution is 7.89. The van der Waals surface area contributed by atoms with Crippen LogP contribution >= 0.6 is 11.6 Å². The van der Waals surface area contributed by atoms with E-state index in [1.54, 1.807) is 24.3 Å². The van der Waals surface area contributed by atoms with Gasteiger partial charge in [-0.15, -0.1) is 0 Å². The van der Waals surface area contributed by atoms with Gasteiger partial charge in [-0.2, -0.15) is 4.31 Å². The summed E-state index contributed by atoms with van der Waals surface area (Å²) in [5, 5.41) is 11.6. The van der Waals surface area contributed by atoms with Crippen molar-refractivity contribution in [2.75, 3.05) is 13.1 Å². The summed E-state index contributed by atoms with van der Waals surface area (Å²) in [6.45, 7) is 0.593. The molecule has 1 aliphatic heterocycles. The molecule has 1 heterocycles. The molecule has 6 heteroatoms. The Hall–Kier alpha value is -1.14. The summed E-state index contributed by atoms with van der Waals surface area (Å²) in [4.78, 5) is 0.247. The molecular weight excluding hydrogens is 310 g/mol. The third-order valence-electron chi connectivity index (χ3n) is 3.81. The van der Waals surface area contributed by atoms with Gasteiger partial charge in [-0.05, 0) is 25.0 Å². The number of aliphatic hydroxyl groups is 1. The molecule has 0 spiro atoms. The molecule has 112 valence electrons. The van der Waals surface area contributed by atoms with Crippen LogP contribution in [-0.4, -0.2) is 37.0 Å². The largest absolute Gasteiger partial charge is 0.392 e. The second kappa shape index (κ2) is 5.57. The molecule has 21 heavy (non-hydrogen) atoms. The molecule has 0 amide bonds. The Bertz CT molecular complexity index is 776. The molecule has 1 saturated heterocycles. The first-order valence-corrected chi connectivity index (χ1v) is 8.67. The highest BCUT2D eigenvalue weighted by Crippen LogP contribution is 2.31. The van der Waals surface area contributed by atoms with Gasteiger partial charge in [0.2, 0.25) is 10.0 Å². The van der Waals surface area contributed by atoms with Crippen LogP contribution in [0.3, 0.4) is 0 Å². The number of benzene rings is 2. The van der Waals surface area contributed by atoms with Gasteiger partial charge < -0.3 is 5.11 Å². The number of piperidine rings is 1. The lowest BCUT2D eigenvalue weighted by Gasteiger charge is -2.29. The first-order chi connectivity index (χ1) is 10.00. The lowest BCUT2D eigenvalue weighted by molar-refractivity contribution is 0.108. The number of fused-ring (bicyclic) bond motifs is 1. The van der Waals surface area contributed by atoms with Gasteiger partial charge >= 0.3 is 0 Å². The molecule has 0 aliphatic carbocycles. The van der Waals surface area contributed by atoms with Crippen LogP contribution in [0, 0.1) is 0 Å². The van der Waals surface area contributed by atoms with Crippen molar-refractivity contribution in [3.05, 3.63) is 41.4 Å². The first kappa shape index (κ1) is 14.8. The summed E-state index contributed by atoms with van der Waals surface area (Å²) >= 11 is 6.14. The topological polar surface area (TPSA) is 57.6 Å². The number of nitrogens with zero attached hydrogens (tertiary/aromatic N) is 1. The normalized spacial score (nSPS) is 20.8. The standard InChI is InChI=1S/C15H16ClNO3S/c16-14-7-8-15(13-6-2-1-5-12(13)14)21(19,20)17-9-3-4-11(18)10-17/h1-2,5-8,11,18H,3-4,9-10H2. The molecule has 1 unspecified atom stereocenters. The van der Waals surface area contributed by atoms with Crippen molar-refractivity contribution in [2.45, 2.75) is 23.8 Å². The van der Waals surface area contributed by atoms with E-state index in [-0.39, 0.29) is 11.4 Å². The minimum absolute atomic E-state index is 0.152. The summed E-state index contributed by atoms with van der Waals surface area (Å²) in [6, 6.07) is 10.3. The Morgan fingerprint density at radius 3 is 2.57 bits per heavy atom. The molecule has 1 fully saturated rings. The van der Waals surface area contributed by atoms with Gasteiger partial charge in [-0.1, -0.05) is 35.9 Å². The van der Waals surface area contributed by atoms with E-state index in [2.05, 4.69) is 0 Å². The van der Waals surface area contributed by atoms with E-state index < -0.39 is 16.1 Å². The Morgan fingerprint density at radius 2 is 1.86 bits per heavy atom. The number of β-amino-alcohol motifs (C(OH)–C–C–N with tert-alkyl or cyclic N) is 1. The number of rotatable bonds is 2. The maximum Gasteiger partial charge on any atom is 0.243 e. The Labute approximate surface area is 129 Å². The van der Waals surface area contributed by atoms with Crippen LogP contribution in [0.2, 0.25) is 5.02 Å². The predicted molar refractivity (Wildman–Crippen MR) is 83.0 cm³/mol. The molecule has 1 N–H and O–H groups in total. The average Bonchev–Trinajstić information content (AvgIpc) is 2.47. The second-order valence-electron chi connectivity index (χ2n) is 5.25. The molecular formula is C15H16ClNO3S. The van der Waals surface area contributed by atoms with E-state index in [4.69, 9.17) is 11.6 Å². The molecule has 0 radical (unpaired) electrons. The highest BCUT2D eigenvalue weighted by Gasteiger charge is 2.30. The van der Waals surface area contributed by atoms with Crippen molar-refractivity contribution in [1.29, 1.82) is 0 Å². The molecule has 0 aromatic heterocycles. The second-order valence-corrected chi connectivity index (χ2v) is 7.56. The van der Waals surface area contributed by atoms with Gasteiger partial charge in [0.15, 0.2) is 0 Å². The maximum absolute atomic E-state index is 12.8. The van der Waals surface area contributed by atoms with Crippen LogP contribution < -0.4 is 0 Å². The first-order valence-electron chi connectivity index (χ1n) is 6.85. The van der Waals surface area contributed by atoms with Crippen molar-refractivity contribution >= 4 is 32.4 Å². The quantitative estimate of drug-likeness (QED) is 0.923. The third-order valence-corrected chi connectivity index (χ3v) is 6.06. The fourth-order valence-corrected chi connectivity index (χ4v) is 4.68. The smallest absolute Gasteiger partial charge is 0.243 e. The average molecular weight is 326 g/mol. The summed E-state index contributed by atoms with van der Waals surface area (Å²) in [5.41, 5.74) is 0. The SMILES string of the molecule is O=S(=O)(c1ccc(Cl)c2ccccc12)N1CCCC(O)C1. The van der Waals surface area contributed by atoms with Crippen molar-refractivity contribution in [3.8, 4) is 0 Å².